The second-order valence-corrected chi connectivity index (χ2v) is 36.4. The van der Waals surface area contributed by atoms with Crippen LogP contribution in [0.25, 0.3) is 0 Å². The number of para-hydroxylation sites is 10. The molecule has 109 heavy (non-hydrogen) atoms. The minimum Gasteiger partial charge on any atom is -0.457 e. The van der Waals surface area contributed by atoms with Crippen LogP contribution in [0.2, 0.25) is 0 Å². The van der Waals surface area contributed by atoms with Gasteiger partial charge in [0.2, 0.25) is 0 Å². The Hall–Kier alpha value is -10.8. The number of fused-ring (bicyclic) bond motifs is 4. The van der Waals surface area contributed by atoms with Crippen LogP contribution in [0.4, 0.5) is 85.3 Å². The lowest BCUT2D eigenvalue weighted by Crippen LogP contribution is -2.41. The third-order valence-corrected chi connectivity index (χ3v) is 26.9. The first-order valence-electron chi connectivity index (χ1n) is 39.5. The van der Waals surface area contributed by atoms with Crippen LogP contribution < -0.4 is 34.0 Å². The summed E-state index contributed by atoms with van der Waals surface area (Å²) in [5, 5.41) is 0. The number of anilines is 15. The van der Waals surface area contributed by atoms with Gasteiger partial charge in [-0.25, -0.2) is 0 Å². The number of benzene rings is 12. The third-order valence-electron chi connectivity index (χ3n) is 26.9. The Bertz CT molecular complexity index is 5590. The van der Waals surface area contributed by atoms with Gasteiger partial charge in [0, 0.05) is 28.1 Å². The number of rotatable bonds is 3. The molecule has 7 nitrogen and oxygen atoms in total. The van der Waals surface area contributed by atoms with Gasteiger partial charge in [-0.2, -0.15) is 0 Å². The fourth-order valence-electron chi connectivity index (χ4n) is 19.8. The Morgan fingerprint density at radius 2 is 0.477 bits per heavy atom. The minimum atomic E-state index is -0.199. The van der Waals surface area contributed by atoms with Crippen molar-refractivity contribution >= 4 is 85.3 Å². The molecule has 0 bridgehead atoms. The summed E-state index contributed by atoms with van der Waals surface area (Å²) in [6, 6.07) is 71.3. The van der Waals surface area contributed by atoms with Crippen molar-refractivity contribution in [2.75, 3.05) is 24.5 Å². The van der Waals surface area contributed by atoms with Crippen LogP contribution in [0.1, 0.15) is 214 Å². The SMILES string of the molecule is Cc1c(C)c(C)c(N2c3cccc4c3N3c5c2cccc5C(C)(C)c2cc(C(C)(C)C)cc(c23)C4(C)C)c(C)c1C.Cc1c(C)c(N2c3cccc4c3N3c5c2cccc5C(C)(C)c2cc(C(C)(C)C)cc(c23)C4(C)C)c(C)c(C)c1N1c2ccccc2Oc2ccccc21.c1ccc2c(c1)Cc1ccccc1O2. The molecule has 8 heterocycles. The van der Waals surface area contributed by atoms with Crippen LogP contribution in [0.3, 0.4) is 0 Å². The molecule has 0 atom stereocenters. The highest BCUT2D eigenvalue weighted by Crippen LogP contribution is 2.71. The molecule has 0 saturated heterocycles. The summed E-state index contributed by atoms with van der Waals surface area (Å²) in [5.74, 6) is 3.73. The maximum atomic E-state index is 6.45. The van der Waals surface area contributed by atoms with E-state index in [1.807, 2.05) is 24.3 Å². The predicted octanol–water partition coefficient (Wildman–Crippen LogP) is 28.8. The molecule has 12 aromatic rings. The van der Waals surface area contributed by atoms with Crippen molar-refractivity contribution in [2.45, 2.75) is 198 Å². The molecule has 8 aliphatic rings. The van der Waals surface area contributed by atoms with E-state index in [0.717, 1.165) is 40.8 Å². The van der Waals surface area contributed by atoms with Crippen LogP contribution in [0, 0.1) is 62.3 Å². The second kappa shape index (κ2) is 23.6. The molecule has 0 saturated carbocycles. The highest BCUT2D eigenvalue weighted by molar-refractivity contribution is 6.11. The number of ether oxygens (including phenoxy) is 2. The van der Waals surface area contributed by atoms with Gasteiger partial charge in [0.25, 0.3) is 0 Å². The van der Waals surface area contributed by atoms with Crippen LogP contribution in [0.5, 0.6) is 23.0 Å². The Morgan fingerprint density at radius 3 is 0.780 bits per heavy atom. The zero-order valence-corrected chi connectivity index (χ0v) is 68.2. The molecule has 0 spiro atoms. The summed E-state index contributed by atoms with van der Waals surface area (Å²) in [4.78, 5) is 12.9. The normalized spacial score (nSPS) is 16.2. The first-order valence-corrected chi connectivity index (χ1v) is 39.5. The van der Waals surface area contributed by atoms with E-state index in [1.54, 1.807) is 0 Å². The highest BCUT2D eigenvalue weighted by atomic mass is 16.5. The Kier molecular flexibility index (Phi) is 15.2. The predicted molar refractivity (Wildman–Crippen MR) is 458 cm³/mol. The van der Waals surface area contributed by atoms with Crippen LogP contribution in [-0.2, 0) is 38.9 Å². The van der Waals surface area contributed by atoms with Crippen molar-refractivity contribution < 1.29 is 9.47 Å². The van der Waals surface area contributed by atoms with Gasteiger partial charge in [-0.15, -0.1) is 0 Å². The summed E-state index contributed by atoms with van der Waals surface area (Å²) in [6.45, 7) is 54.3. The molecule has 20 rings (SSSR count). The maximum Gasteiger partial charge on any atom is 0.151 e. The van der Waals surface area contributed by atoms with Crippen LogP contribution in [0.15, 0.2) is 194 Å². The first-order chi connectivity index (χ1) is 51.7. The quantitative estimate of drug-likeness (QED) is 0.174. The van der Waals surface area contributed by atoms with Crippen molar-refractivity contribution in [3.63, 3.8) is 0 Å². The van der Waals surface area contributed by atoms with Crippen molar-refractivity contribution in [1.82, 2.24) is 0 Å². The summed E-state index contributed by atoms with van der Waals surface area (Å²) >= 11 is 0. The van der Waals surface area contributed by atoms with E-state index in [-0.39, 0.29) is 32.5 Å². The van der Waals surface area contributed by atoms with Gasteiger partial charge < -0.3 is 34.0 Å². The van der Waals surface area contributed by atoms with Gasteiger partial charge in [-0.1, -0.05) is 230 Å². The largest absolute Gasteiger partial charge is 0.457 e. The van der Waals surface area contributed by atoms with Crippen molar-refractivity contribution in [3.8, 4) is 23.0 Å². The zero-order valence-electron chi connectivity index (χ0n) is 68.2. The average molecular weight is 1430 g/mol. The smallest absolute Gasteiger partial charge is 0.151 e. The van der Waals surface area contributed by atoms with Gasteiger partial charge in [-0.05, 0) is 251 Å². The monoisotopic (exact) mass is 1430 g/mol. The Morgan fingerprint density at radius 1 is 0.239 bits per heavy atom. The van der Waals surface area contributed by atoms with Crippen molar-refractivity contribution in [2.24, 2.45) is 0 Å². The van der Waals surface area contributed by atoms with Gasteiger partial charge in [0.1, 0.15) is 11.5 Å². The van der Waals surface area contributed by atoms with E-state index in [0.29, 0.717) is 0 Å². The number of hydrogen-bond acceptors (Lipinski definition) is 7. The fourth-order valence-corrected chi connectivity index (χ4v) is 19.8. The summed E-state index contributed by atoms with van der Waals surface area (Å²) in [5.41, 5.74) is 47.1. The number of hydrogen-bond donors (Lipinski definition) is 0. The fraction of sp³-hybridized carbons (Fsp3) is 0.294. The van der Waals surface area contributed by atoms with Gasteiger partial charge >= 0.3 is 0 Å². The molecule has 12 aromatic carbocycles. The Labute approximate surface area is 647 Å². The molecule has 0 amide bonds. The molecule has 0 fully saturated rings. The second-order valence-electron chi connectivity index (χ2n) is 36.4. The lowest BCUT2D eigenvalue weighted by atomic mass is 9.64. The molecular formula is C102H103N5O2. The van der Waals surface area contributed by atoms with E-state index >= 15 is 0 Å². The number of nitrogens with zero attached hydrogens (tertiary/aromatic N) is 5. The Balaban J connectivity index is 0.000000133. The van der Waals surface area contributed by atoms with E-state index < -0.39 is 0 Å². The molecule has 0 aromatic heterocycles. The molecular weight excluding hydrogens is 1330 g/mol. The van der Waals surface area contributed by atoms with E-state index in [4.69, 9.17) is 9.47 Å². The van der Waals surface area contributed by atoms with E-state index in [1.165, 1.54) is 191 Å². The van der Waals surface area contributed by atoms with Crippen LogP contribution >= 0.6 is 0 Å². The molecule has 548 valence electrons. The lowest BCUT2D eigenvalue weighted by molar-refractivity contribution is 0.460. The van der Waals surface area contributed by atoms with Gasteiger partial charge in [0.05, 0.1) is 85.3 Å². The van der Waals surface area contributed by atoms with Crippen molar-refractivity contribution in [1.29, 1.82) is 0 Å². The first kappa shape index (κ1) is 69.9. The molecule has 0 N–H and O–H groups in total. The van der Waals surface area contributed by atoms with Crippen molar-refractivity contribution in [3.05, 3.63) is 311 Å². The topological polar surface area (TPSA) is 34.7 Å². The maximum absolute atomic E-state index is 6.45. The summed E-state index contributed by atoms with van der Waals surface area (Å²) < 4.78 is 12.2. The highest BCUT2D eigenvalue weighted by Gasteiger charge is 2.54. The van der Waals surface area contributed by atoms with Crippen LogP contribution in [-0.4, -0.2) is 0 Å². The zero-order chi connectivity index (χ0) is 76.7. The third kappa shape index (κ3) is 9.72. The summed E-state index contributed by atoms with van der Waals surface area (Å²) in [6.07, 6.45) is 0.979. The average Bonchev–Trinajstić information content (AvgIpc) is 0.671. The lowest BCUT2D eigenvalue weighted by Gasteiger charge is -2.54. The van der Waals surface area contributed by atoms with Gasteiger partial charge in [-0.3, -0.25) is 0 Å². The van der Waals surface area contributed by atoms with Gasteiger partial charge in [0.15, 0.2) is 11.5 Å². The van der Waals surface area contributed by atoms with E-state index in [9.17, 15) is 0 Å². The molecule has 8 aliphatic heterocycles. The molecule has 0 radical (unpaired) electrons. The minimum absolute atomic E-state index is 0.0307. The molecule has 0 aliphatic carbocycles. The molecule has 7 heteroatoms. The summed E-state index contributed by atoms with van der Waals surface area (Å²) in [7, 11) is 0. The molecule has 0 unspecified atom stereocenters. The van der Waals surface area contributed by atoms with E-state index in [2.05, 4.69) is 354 Å². The standard InChI is InChI=1S/C50H49N3O.C39H44N2.C13H10O/c1-28-30(3)44(31(4)29(2)43(28)51-37-20-12-14-24-41(37)54-42-25-15-13-21-38(42)51)52-39-22-16-18-33-46(39)53-45-35(49(33,8)9)26-32(48(5,6)7)27-36(45)50(10,11)34-19-17-23-40(52)47(34)53;1-21-22(2)24(4)33(25(5)23(21)3)40-31-17-13-15-27-35(31)41-34-29(38(27,9)10)19-26(37(6,7)8)20-30(34)39(11,12)28-16-14-18-32(40)36(28)41;1-3-7-12-10(5-1)9-11-6-2-4-8-13(11)14-12/h12-27H,1-11H3;13-20H,1-12H3;1-8H,9H2.